The van der Waals surface area contributed by atoms with Gasteiger partial charge in [0.2, 0.25) is 0 Å². The molecule has 1 amide bonds. The minimum atomic E-state index is 0.0908. The quantitative estimate of drug-likeness (QED) is 0.871. The van der Waals surface area contributed by atoms with Gasteiger partial charge in [-0.3, -0.25) is 4.79 Å². The minimum absolute atomic E-state index is 0.0908. The van der Waals surface area contributed by atoms with E-state index in [-0.39, 0.29) is 11.9 Å². The van der Waals surface area contributed by atoms with Crippen molar-refractivity contribution in [3.63, 3.8) is 0 Å². The average molecular weight is 254 g/mol. The van der Waals surface area contributed by atoms with Crippen molar-refractivity contribution in [1.82, 2.24) is 10.2 Å². The van der Waals surface area contributed by atoms with Crippen molar-refractivity contribution in [2.75, 3.05) is 26.7 Å². The van der Waals surface area contributed by atoms with Gasteiger partial charge >= 0.3 is 0 Å². The van der Waals surface area contributed by atoms with Crippen LogP contribution in [0, 0.1) is 0 Å². The highest BCUT2D eigenvalue weighted by molar-refractivity contribution is 7.12. The van der Waals surface area contributed by atoms with Crippen LogP contribution >= 0.6 is 11.3 Å². The Bertz CT molecular complexity index is 392. The molecular weight excluding hydrogens is 236 g/mol. The molecule has 17 heavy (non-hydrogen) atoms. The summed E-state index contributed by atoms with van der Waals surface area (Å²) in [4.78, 5) is 15.1. The number of hydrogen-bond acceptors (Lipinski definition) is 4. The van der Waals surface area contributed by atoms with Gasteiger partial charge in [-0.15, -0.1) is 11.3 Å². The molecule has 2 rings (SSSR count). The number of hydrogen-bond donors (Lipinski definition) is 1. The topological polar surface area (TPSA) is 41.6 Å². The van der Waals surface area contributed by atoms with Crippen LogP contribution in [0.3, 0.4) is 0 Å². The van der Waals surface area contributed by atoms with Gasteiger partial charge < -0.3 is 15.0 Å². The van der Waals surface area contributed by atoms with E-state index in [1.165, 1.54) is 11.3 Å². The highest BCUT2D eigenvalue weighted by atomic mass is 32.1. The molecule has 1 N–H and O–H groups in total. The summed E-state index contributed by atoms with van der Waals surface area (Å²) in [6, 6.07) is 2.08. The normalized spacial score (nSPS) is 21.1. The molecule has 2 heterocycles. The van der Waals surface area contributed by atoms with Gasteiger partial charge in [-0.25, -0.2) is 0 Å². The fourth-order valence-corrected chi connectivity index (χ4v) is 2.88. The van der Waals surface area contributed by atoms with Gasteiger partial charge in [0.05, 0.1) is 7.11 Å². The SMILES string of the molecule is COc1ccsc1C(=O)N1CCCNCC1C. The Morgan fingerprint density at radius 3 is 3.24 bits per heavy atom. The van der Waals surface area contributed by atoms with E-state index >= 15 is 0 Å². The maximum Gasteiger partial charge on any atom is 0.268 e. The number of amides is 1. The van der Waals surface area contributed by atoms with Crippen LogP contribution < -0.4 is 10.1 Å². The molecule has 1 aromatic heterocycles. The van der Waals surface area contributed by atoms with Crippen LogP contribution in [0.15, 0.2) is 11.4 Å². The monoisotopic (exact) mass is 254 g/mol. The number of carbonyl (C=O) groups excluding carboxylic acids is 1. The van der Waals surface area contributed by atoms with Crippen LogP contribution in [0.1, 0.15) is 23.0 Å². The second kappa shape index (κ2) is 5.51. The molecule has 1 atom stereocenters. The Morgan fingerprint density at radius 1 is 1.65 bits per heavy atom. The number of nitrogens with zero attached hydrogens (tertiary/aromatic N) is 1. The van der Waals surface area contributed by atoms with E-state index in [0.29, 0.717) is 10.6 Å². The summed E-state index contributed by atoms with van der Waals surface area (Å²) in [7, 11) is 1.60. The van der Waals surface area contributed by atoms with E-state index in [0.717, 1.165) is 26.1 Å². The molecule has 5 heteroatoms. The molecule has 1 fully saturated rings. The van der Waals surface area contributed by atoms with Crippen molar-refractivity contribution in [2.24, 2.45) is 0 Å². The number of methoxy groups -OCH3 is 1. The van der Waals surface area contributed by atoms with E-state index in [2.05, 4.69) is 12.2 Å². The van der Waals surface area contributed by atoms with E-state index in [4.69, 9.17) is 4.74 Å². The standard InChI is InChI=1S/C12H18N2O2S/c1-9-8-13-5-3-6-14(9)12(15)11-10(16-2)4-7-17-11/h4,7,9,13H,3,5-6,8H2,1-2H3. The molecule has 0 bridgehead atoms. The average Bonchev–Trinajstić information content (AvgIpc) is 2.71. The predicted octanol–water partition coefficient (Wildman–Crippen LogP) is 1.58. The highest BCUT2D eigenvalue weighted by Gasteiger charge is 2.25. The number of ether oxygens (including phenoxy) is 1. The molecule has 1 aromatic rings. The van der Waals surface area contributed by atoms with Gasteiger partial charge in [-0.2, -0.15) is 0 Å². The predicted molar refractivity (Wildman–Crippen MR) is 68.9 cm³/mol. The lowest BCUT2D eigenvalue weighted by atomic mass is 10.2. The van der Waals surface area contributed by atoms with Crippen LogP contribution in [-0.4, -0.2) is 43.6 Å². The number of carbonyl (C=O) groups is 1. The van der Waals surface area contributed by atoms with Crippen LogP contribution in [0.2, 0.25) is 0 Å². The van der Waals surface area contributed by atoms with Crippen molar-refractivity contribution in [2.45, 2.75) is 19.4 Å². The third-order valence-electron chi connectivity index (χ3n) is 3.03. The zero-order valence-electron chi connectivity index (χ0n) is 10.2. The molecule has 1 aliphatic rings. The number of rotatable bonds is 2. The zero-order valence-corrected chi connectivity index (χ0v) is 11.0. The first kappa shape index (κ1) is 12.4. The summed E-state index contributed by atoms with van der Waals surface area (Å²) in [5.74, 6) is 0.775. The molecular formula is C12H18N2O2S. The first-order chi connectivity index (χ1) is 8.24. The van der Waals surface area contributed by atoms with Crippen LogP contribution in [0.25, 0.3) is 0 Å². The molecule has 1 saturated heterocycles. The molecule has 94 valence electrons. The Kier molecular flexibility index (Phi) is 4.02. The van der Waals surface area contributed by atoms with Gasteiger partial charge in [0, 0.05) is 19.1 Å². The maximum atomic E-state index is 12.4. The lowest BCUT2D eigenvalue weighted by molar-refractivity contribution is 0.0709. The molecule has 1 unspecified atom stereocenters. The van der Waals surface area contributed by atoms with Gasteiger partial charge in [0.25, 0.3) is 5.91 Å². The van der Waals surface area contributed by atoms with Crippen LogP contribution in [0.5, 0.6) is 5.75 Å². The smallest absolute Gasteiger partial charge is 0.268 e. The number of thiophene rings is 1. The highest BCUT2D eigenvalue weighted by Crippen LogP contribution is 2.26. The van der Waals surface area contributed by atoms with Gasteiger partial charge in [0.15, 0.2) is 0 Å². The Labute approximate surface area is 106 Å². The molecule has 0 spiro atoms. The van der Waals surface area contributed by atoms with Gasteiger partial charge in [-0.1, -0.05) is 0 Å². The van der Waals surface area contributed by atoms with Gasteiger partial charge in [-0.05, 0) is 31.3 Å². The number of nitrogens with one attached hydrogen (secondary N) is 1. The van der Waals surface area contributed by atoms with Crippen LogP contribution in [0.4, 0.5) is 0 Å². The summed E-state index contributed by atoms with van der Waals surface area (Å²) in [6.07, 6.45) is 1.00. The molecule has 4 nitrogen and oxygen atoms in total. The summed E-state index contributed by atoms with van der Waals surface area (Å²) in [5.41, 5.74) is 0. The van der Waals surface area contributed by atoms with Crippen molar-refractivity contribution in [3.05, 3.63) is 16.3 Å². The first-order valence-electron chi connectivity index (χ1n) is 5.87. The first-order valence-corrected chi connectivity index (χ1v) is 6.75. The van der Waals surface area contributed by atoms with Crippen molar-refractivity contribution in [1.29, 1.82) is 0 Å². The molecule has 0 aromatic carbocycles. The maximum absolute atomic E-state index is 12.4. The largest absolute Gasteiger partial charge is 0.495 e. The van der Waals surface area contributed by atoms with Gasteiger partial charge in [0.1, 0.15) is 10.6 Å². The lowest BCUT2D eigenvalue weighted by Crippen LogP contribution is -2.41. The fraction of sp³-hybridized carbons (Fsp3) is 0.583. The second-order valence-corrected chi connectivity index (χ2v) is 5.14. The van der Waals surface area contributed by atoms with Crippen molar-refractivity contribution in [3.8, 4) is 5.75 Å². The van der Waals surface area contributed by atoms with Crippen molar-refractivity contribution >= 4 is 17.2 Å². The third kappa shape index (κ3) is 2.61. The summed E-state index contributed by atoms with van der Waals surface area (Å²) < 4.78 is 5.21. The molecule has 0 radical (unpaired) electrons. The summed E-state index contributed by atoms with van der Waals surface area (Å²) in [5, 5.41) is 5.23. The van der Waals surface area contributed by atoms with E-state index in [1.807, 2.05) is 16.3 Å². The van der Waals surface area contributed by atoms with E-state index in [1.54, 1.807) is 7.11 Å². The molecule has 1 aliphatic heterocycles. The Hall–Kier alpha value is -1.07. The van der Waals surface area contributed by atoms with E-state index < -0.39 is 0 Å². The Morgan fingerprint density at radius 2 is 2.47 bits per heavy atom. The van der Waals surface area contributed by atoms with Crippen molar-refractivity contribution < 1.29 is 9.53 Å². The Balaban J connectivity index is 2.18. The van der Waals surface area contributed by atoms with Crippen LogP contribution in [-0.2, 0) is 0 Å². The third-order valence-corrected chi connectivity index (χ3v) is 3.91. The fourth-order valence-electron chi connectivity index (χ4n) is 2.06. The zero-order chi connectivity index (χ0) is 12.3. The minimum Gasteiger partial charge on any atom is -0.495 e. The molecule has 0 saturated carbocycles. The van der Waals surface area contributed by atoms with E-state index in [9.17, 15) is 4.79 Å². The second-order valence-electron chi connectivity index (χ2n) is 4.22. The molecule has 0 aliphatic carbocycles. The summed E-state index contributed by atoms with van der Waals surface area (Å²) in [6.45, 7) is 4.74. The summed E-state index contributed by atoms with van der Waals surface area (Å²) >= 11 is 1.45. The lowest BCUT2D eigenvalue weighted by Gasteiger charge is -2.26.